The predicted octanol–water partition coefficient (Wildman–Crippen LogP) is 2.10. The second-order valence-electron chi connectivity index (χ2n) is 2.54. The number of ether oxygens (including phenoxy) is 2. The van der Waals surface area contributed by atoms with Crippen LogP contribution in [0.2, 0.25) is 0 Å². The first-order chi connectivity index (χ1) is 6.65. The fourth-order valence-electron chi connectivity index (χ4n) is 1.10. The van der Waals surface area contributed by atoms with Crippen molar-refractivity contribution in [1.82, 2.24) is 0 Å². The fraction of sp³-hybridized carbons (Fsp3) is 0.333. The molecule has 1 aromatic rings. The van der Waals surface area contributed by atoms with E-state index >= 15 is 0 Å². The van der Waals surface area contributed by atoms with Crippen molar-refractivity contribution in [2.45, 2.75) is 6.61 Å². The summed E-state index contributed by atoms with van der Waals surface area (Å²) in [5, 5.41) is 8.92. The number of aliphatic hydroxyl groups excluding tert-OH is 1. The molecule has 1 rings (SSSR count). The van der Waals surface area contributed by atoms with E-state index in [1.54, 1.807) is 6.07 Å². The van der Waals surface area contributed by atoms with Gasteiger partial charge in [0.2, 0.25) is 0 Å². The summed E-state index contributed by atoms with van der Waals surface area (Å²) < 4.78 is 23.8. The second-order valence-corrected chi connectivity index (χ2v) is 3.40. The van der Waals surface area contributed by atoms with Gasteiger partial charge in [0.25, 0.3) is 0 Å². The maximum absolute atomic E-state index is 13.6. The Hall–Kier alpha value is -0.810. The number of hydrogen-bond acceptors (Lipinski definition) is 3. The van der Waals surface area contributed by atoms with E-state index in [1.165, 1.54) is 14.2 Å². The van der Waals surface area contributed by atoms with E-state index in [2.05, 4.69) is 15.9 Å². The molecule has 0 amide bonds. The van der Waals surface area contributed by atoms with E-state index in [4.69, 9.17) is 14.6 Å². The summed E-state index contributed by atoms with van der Waals surface area (Å²) in [6.45, 7) is -0.396. The van der Waals surface area contributed by atoms with Crippen LogP contribution < -0.4 is 9.47 Å². The topological polar surface area (TPSA) is 38.7 Å². The highest BCUT2D eigenvalue weighted by atomic mass is 79.9. The van der Waals surface area contributed by atoms with Gasteiger partial charge in [-0.15, -0.1) is 0 Å². The van der Waals surface area contributed by atoms with Crippen molar-refractivity contribution in [2.75, 3.05) is 14.2 Å². The molecule has 0 unspecified atom stereocenters. The van der Waals surface area contributed by atoms with Gasteiger partial charge in [-0.2, -0.15) is 0 Å². The molecule has 0 bridgehead atoms. The lowest BCUT2D eigenvalue weighted by atomic mass is 10.2. The number of aliphatic hydroxyl groups is 1. The van der Waals surface area contributed by atoms with Crippen LogP contribution in [0.25, 0.3) is 0 Å². The van der Waals surface area contributed by atoms with Crippen molar-refractivity contribution in [3.05, 3.63) is 21.9 Å². The number of halogens is 2. The van der Waals surface area contributed by atoms with Gasteiger partial charge in [0.05, 0.1) is 20.8 Å². The van der Waals surface area contributed by atoms with Crippen molar-refractivity contribution in [2.24, 2.45) is 0 Å². The Morgan fingerprint density at radius 1 is 1.43 bits per heavy atom. The number of methoxy groups -OCH3 is 2. The van der Waals surface area contributed by atoms with Gasteiger partial charge in [0.15, 0.2) is 17.3 Å². The minimum atomic E-state index is -0.610. The van der Waals surface area contributed by atoms with Crippen LogP contribution in [0.4, 0.5) is 4.39 Å². The molecule has 5 heteroatoms. The molecule has 1 aromatic carbocycles. The van der Waals surface area contributed by atoms with Crippen LogP contribution in [0.1, 0.15) is 5.56 Å². The zero-order chi connectivity index (χ0) is 10.7. The number of hydrogen-bond donors (Lipinski definition) is 1. The third-order valence-electron chi connectivity index (χ3n) is 1.82. The van der Waals surface area contributed by atoms with Gasteiger partial charge in [0.1, 0.15) is 0 Å². The molecule has 1 N–H and O–H groups in total. The van der Waals surface area contributed by atoms with Crippen molar-refractivity contribution in [1.29, 1.82) is 0 Å². The Kier molecular flexibility index (Phi) is 3.71. The molecular formula is C9H10BrFO3. The average Bonchev–Trinajstić information content (AvgIpc) is 2.17. The second kappa shape index (κ2) is 4.61. The normalized spacial score (nSPS) is 10.1. The van der Waals surface area contributed by atoms with E-state index in [0.717, 1.165) is 0 Å². The molecule has 0 saturated carbocycles. The molecule has 78 valence electrons. The summed E-state index contributed by atoms with van der Waals surface area (Å²) >= 11 is 3.13. The van der Waals surface area contributed by atoms with Gasteiger partial charge in [-0.1, -0.05) is 15.9 Å². The molecule has 0 fully saturated rings. The molecule has 14 heavy (non-hydrogen) atoms. The molecule has 3 nitrogen and oxygen atoms in total. The molecule has 0 saturated heterocycles. The van der Waals surface area contributed by atoms with Gasteiger partial charge < -0.3 is 14.6 Å². The van der Waals surface area contributed by atoms with E-state index < -0.39 is 12.4 Å². The van der Waals surface area contributed by atoms with Crippen LogP contribution in [-0.2, 0) is 6.61 Å². The molecule has 0 radical (unpaired) electrons. The Balaban J connectivity index is 3.39. The maximum Gasteiger partial charge on any atom is 0.197 e. The summed E-state index contributed by atoms with van der Waals surface area (Å²) in [7, 11) is 2.76. The summed E-state index contributed by atoms with van der Waals surface area (Å²) in [6.07, 6.45) is 0. The molecule has 0 heterocycles. The van der Waals surface area contributed by atoms with Crippen molar-refractivity contribution in [3.8, 4) is 11.5 Å². The van der Waals surface area contributed by atoms with Gasteiger partial charge >= 0.3 is 0 Å². The van der Waals surface area contributed by atoms with Crippen molar-refractivity contribution < 1.29 is 19.0 Å². The minimum Gasteiger partial charge on any atom is -0.493 e. The zero-order valence-corrected chi connectivity index (χ0v) is 9.39. The SMILES string of the molecule is COc1cc(Br)c(CO)c(F)c1OC. The maximum atomic E-state index is 13.6. The van der Waals surface area contributed by atoms with Crippen LogP contribution in [0.3, 0.4) is 0 Å². The standard InChI is InChI=1S/C9H10BrFO3/c1-13-7-3-6(10)5(4-12)8(11)9(7)14-2/h3,12H,4H2,1-2H3. The van der Waals surface area contributed by atoms with E-state index in [0.29, 0.717) is 4.47 Å². The molecule has 0 aliphatic heterocycles. The van der Waals surface area contributed by atoms with Crippen LogP contribution in [0.15, 0.2) is 10.5 Å². The van der Waals surface area contributed by atoms with Crippen molar-refractivity contribution >= 4 is 15.9 Å². The molecule has 0 aliphatic carbocycles. The van der Waals surface area contributed by atoms with Gasteiger partial charge in [-0.05, 0) is 6.07 Å². The fourth-order valence-corrected chi connectivity index (χ4v) is 1.61. The van der Waals surface area contributed by atoms with Gasteiger partial charge in [-0.3, -0.25) is 0 Å². The van der Waals surface area contributed by atoms with E-state index in [1.807, 2.05) is 0 Å². The smallest absolute Gasteiger partial charge is 0.197 e. The molecule has 0 aliphatic rings. The van der Waals surface area contributed by atoms with Gasteiger partial charge in [-0.25, -0.2) is 4.39 Å². The summed E-state index contributed by atoms with van der Waals surface area (Å²) in [5.41, 5.74) is 0.155. The Morgan fingerprint density at radius 3 is 2.50 bits per heavy atom. The first-order valence-electron chi connectivity index (χ1n) is 3.85. The minimum absolute atomic E-state index is 0.000231. The third-order valence-corrected chi connectivity index (χ3v) is 2.52. The monoisotopic (exact) mass is 264 g/mol. The molecule has 0 aromatic heterocycles. The van der Waals surface area contributed by atoms with Gasteiger partial charge in [0, 0.05) is 10.0 Å². The highest BCUT2D eigenvalue weighted by molar-refractivity contribution is 9.10. The van der Waals surface area contributed by atoms with Crippen LogP contribution in [-0.4, -0.2) is 19.3 Å². The summed E-state index contributed by atoms with van der Waals surface area (Å²) in [5.74, 6) is -0.324. The van der Waals surface area contributed by atoms with Crippen molar-refractivity contribution in [3.63, 3.8) is 0 Å². The molecule has 0 spiro atoms. The lowest BCUT2D eigenvalue weighted by Crippen LogP contribution is -1.99. The third kappa shape index (κ3) is 1.83. The quantitative estimate of drug-likeness (QED) is 0.909. The lowest BCUT2D eigenvalue weighted by molar-refractivity contribution is 0.269. The van der Waals surface area contributed by atoms with E-state index in [9.17, 15) is 4.39 Å². The average molecular weight is 265 g/mol. The van der Waals surface area contributed by atoms with Crippen LogP contribution >= 0.6 is 15.9 Å². The largest absolute Gasteiger partial charge is 0.493 e. The number of rotatable bonds is 3. The predicted molar refractivity (Wildman–Crippen MR) is 53.1 cm³/mol. The van der Waals surface area contributed by atoms with Crippen LogP contribution in [0.5, 0.6) is 11.5 Å². The Labute approximate surface area is 89.6 Å². The summed E-state index contributed by atoms with van der Waals surface area (Å²) in [6, 6.07) is 1.55. The Bertz CT molecular complexity index is 341. The van der Waals surface area contributed by atoms with Crippen LogP contribution in [0, 0.1) is 5.82 Å². The first-order valence-corrected chi connectivity index (χ1v) is 4.64. The van der Waals surface area contributed by atoms with E-state index in [-0.39, 0.29) is 17.1 Å². The molecular weight excluding hydrogens is 255 g/mol. The highest BCUT2D eigenvalue weighted by Gasteiger charge is 2.17. The molecule has 0 atom stereocenters. The zero-order valence-electron chi connectivity index (χ0n) is 7.80. The Morgan fingerprint density at radius 2 is 2.07 bits per heavy atom. The number of benzene rings is 1. The summed E-state index contributed by atoms with van der Waals surface area (Å²) in [4.78, 5) is 0. The highest BCUT2D eigenvalue weighted by Crippen LogP contribution is 2.36. The first kappa shape index (κ1) is 11.3. The lowest BCUT2D eigenvalue weighted by Gasteiger charge is -2.12.